The molecule has 0 spiro atoms. The molecule has 2 aromatic rings. The molecule has 1 atom stereocenters. The molecule has 1 aliphatic rings. The van der Waals surface area contributed by atoms with E-state index in [9.17, 15) is 0 Å². The maximum atomic E-state index is 4.40. The highest BCUT2D eigenvalue weighted by Crippen LogP contribution is 2.23. The first-order valence-electron chi connectivity index (χ1n) is 5.07. The molecule has 1 fully saturated rings. The molecule has 0 saturated carbocycles. The van der Waals surface area contributed by atoms with E-state index in [2.05, 4.69) is 27.4 Å². The van der Waals surface area contributed by atoms with Crippen LogP contribution in [-0.2, 0) is 0 Å². The SMILES string of the molecule is c1cc2cc(C3CCNC3)cnc2[nH]1. The lowest BCUT2D eigenvalue weighted by molar-refractivity contribution is 0.761. The van der Waals surface area contributed by atoms with E-state index in [0.717, 1.165) is 18.7 Å². The van der Waals surface area contributed by atoms with Gasteiger partial charge >= 0.3 is 0 Å². The van der Waals surface area contributed by atoms with Crippen molar-refractivity contribution in [2.45, 2.75) is 12.3 Å². The minimum Gasteiger partial charge on any atom is -0.346 e. The molecule has 2 N–H and O–H groups in total. The number of fused-ring (bicyclic) bond motifs is 1. The second kappa shape index (κ2) is 3.10. The molecule has 3 rings (SSSR count). The number of aromatic nitrogens is 2. The van der Waals surface area contributed by atoms with E-state index >= 15 is 0 Å². The van der Waals surface area contributed by atoms with Crippen LogP contribution in [-0.4, -0.2) is 23.1 Å². The topological polar surface area (TPSA) is 40.7 Å². The molecule has 1 saturated heterocycles. The maximum absolute atomic E-state index is 4.40. The van der Waals surface area contributed by atoms with Gasteiger partial charge in [0.05, 0.1) is 0 Å². The number of pyridine rings is 1. The molecular formula is C11H13N3. The van der Waals surface area contributed by atoms with Gasteiger partial charge in [-0.15, -0.1) is 0 Å². The molecule has 0 radical (unpaired) electrons. The van der Waals surface area contributed by atoms with Gasteiger partial charge < -0.3 is 10.3 Å². The average Bonchev–Trinajstić information content (AvgIpc) is 2.88. The minimum absolute atomic E-state index is 0.654. The van der Waals surface area contributed by atoms with Crippen molar-refractivity contribution in [2.75, 3.05) is 13.1 Å². The molecule has 0 aliphatic carbocycles. The van der Waals surface area contributed by atoms with Crippen molar-refractivity contribution in [2.24, 2.45) is 0 Å². The van der Waals surface area contributed by atoms with Crippen LogP contribution < -0.4 is 5.32 Å². The molecular weight excluding hydrogens is 174 g/mol. The van der Waals surface area contributed by atoms with E-state index in [-0.39, 0.29) is 0 Å². The fourth-order valence-electron chi connectivity index (χ4n) is 2.12. The van der Waals surface area contributed by atoms with Gasteiger partial charge in [-0.25, -0.2) is 4.98 Å². The van der Waals surface area contributed by atoms with E-state index in [0.29, 0.717) is 5.92 Å². The zero-order valence-corrected chi connectivity index (χ0v) is 7.96. The summed E-state index contributed by atoms with van der Waals surface area (Å²) in [5, 5.41) is 4.59. The Morgan fingerprint density at radius 3 is 3.29 bits per heavy atom. The third kappa shape index (κ3) is 1.21. The fraction of sp³-hybridized carbons (Fsp3) is 0.364. The predicted octanol–water partition coefficient (Wildman–Crippen LogP) is 1.64. The molecule has 3 nitrogen and oxygen atoms in total. The zero-order valence-electron chi connectivity index (χ0n) is 7.96. The molecule has 0 aromatic carbocycles. The summed E-state index contributed by atoms with van der Waals surface area (Å²) in [6.07, 6.45) is 5.17. The smallest absolute Gasteiger partial charge is 0.137 e. The molecule has 14 heavy (non-hydrogen) atoms. The van der Waals surface area contributed by atoms with Crippen LogP contribution in [0, 0.1) is 0 Å². The average molecular weight is 187 g/mol. The molecule has 0 bridgehead atoms. The fourth-order valence-corrected chi connectivity index (χ4v) is 2.12. The summed E-state index contributed by atoms with van der Waals surface area (Å²) >= 11 is 0. The molecule has 1 aliphatic heterocycles. The van der Waals surface area contributed by atoms with Gasteiger partial charge in [-0.2, -0.15) is 0 Å². The maximum Gasteiger partial charge on any atom is 0.137 e. The lowest BCUT2D eigenvalue weighted by atomic mass is 10.00. The lowest BCUT2D eigenvalue weighted by Gasteiger charge is -2.07. The number of H-pyrrole nitrogens is 1. The first-order chi connectivity index (χ1) is 6.93. The number of rotatable bonds is 1. The van der Waals surface area contributed by atoms with Crippen molar-refractivity contribution < 1.29 is 0 Å². The molecule has 0 amide bonds. The quantitative estimate of drug-likeness (QED) is 0.712. The number of hydrogen-bond acceptors (Lipinski definition) is 2. The van der Waals surface area contributed by atoms with Crippen molar-refractivity contribution in [3.8, 4) is 0 Å². The minimum atomic E-state index is 0.654. The van der Waals surface area contributed by atoms with Crippen molar-refractivity contribution in [1.82, 2.24) is 15.3 Å². The van der Waals surface area contributed by atoms with Crippen LogP contribution in [0.1, 0.15) is 17.9 Å². The van der Waals surface area contributed by atoms with E-state index in [1.54, 1.807) is 0 Å². The number of nitrogens with zero attached hydrogens (tertiary/aromatic N) is 1. The first-order valence-corrected chi connectivity index (χ1v) is 5.07. The van der Waals surface area contributed by atoms with Gasteiger partial charge in [-0.1, -0.05) is 0 Å². The summed E-state index contributed by atoms with van der Waals surface area (Å²) < 4.78 is 0. The Kier molecular flexibility index (Phi) is 1.77. The number of aromatic amines is 1. The number of hydrogen-bond donors (Lipinski definition) is 2. The Balaban J connectivity index is 2.04. The van der Waals surface area contributed by atoms with Crippen LogP contribution in [0.4, 0.5) is 0 Å². The third-order valence-corrected chi connectivity index (χ3v) is 2.95. The second-order valence-corrected chi connectivity index (χ2v) is 3.87. The van der Waals surface area contributed by atoms with Gasteiger partial charge in [-0.05, 0) is 36.6 Å². The van der Waals surface area contributed by atoms with Gasteiger partial charge in [0, 0.05) is 24.3 Å². The van der Waals surface area contributed by atoms with Gasteiger partial charge in [0.1, 0.15) is 5.65 Å². The molecule has 72 valence electrons. The summed E-state index contributed by atoms with van der Waals surface area (Å²) in [5.41, 5.74) is 2.35. The summed E-state index contributed by atoms with van der Waals surface area (Å²) in [4.78, 5) is 7.51. The number of nitrogens with one attached hydrogen (secondary N) is 2. The molecule has 1 unspecified atom stereocenters. The normalized spacial score (nSPS) is 21.9. The molecule has 3 heterocycles. The summed E-state index contributed by atoms with van der Waals surface area (Å²) in [6, 6.07) is 4.32. The largest absolute Gasteiger partial charge is 0.346 e. The summed E-state index contributed by atoms with van der Waals surface area (Å²) in [6.45, 7) is 2.23. The van der Waals surface area contributed by atoms with Crippen LogP contribution in [0.2, 0.25) is 0 Å². The van der Waals surface area contributed by atoms with E-state index in [1.807, 2.05) is 12.4 Å². The van der Waals surface area contributed by atoms with E-state index < -0.39 is 0 Å². The van der Waals surface area contributed by atoms with Crippen LogP contribution in [0.25, 0.3) is 11.0 Å². The van der Waals surface area contributed by atoms with E-state index in [4.69, 9.17) is 0 Å². The Bertz CT molecular complexity index is 440. The molecule has 2 aromatic heterocycles. The van der Waals surface area contributed by atoms with E-state index in [1.165, 1.54) is 17.4 Å². The Morgan fingerprint density at radius 1 is 1.43 bits per heavy atom. The van der Waals surface area contributed by atoms with Gasteiger partial charge in [0.2, 0.25) is 0 Å². The second-order valence-electron chi connectivity index (χ2n) is 3.87. The van der Waals surface area contributed by atoms with Gasteiger partial charge in [0.25, 0.3) is 0 Å². The standard InChI is InChI=1S/C11H13N3/c1-3-12-6-9(1)10-5-8-2-4-13-11(8)14-7-10/h2,4-5,7,9,12H,1,3,6H2,(H,13,14). The molecule has 3 heteroatoms. The summed E-state index contributed by atoms with van der Waals surface area (Å²) in [7, 11) is 0. The van der Waals surface area contributed by atoms with Gasteiger partial charge in [0.15, 0.2) is 0 Å². The van der Waals surface area contributed by atoms with Crippen molar-refractivity contribution in [3.05, 3.63) is 30.1 Å². The van der Waals surface area contributed by atoms with Crippen molar-refractivity contribution in [1.29, 1.82) is 0 Å². The monoisotopic (exact) mass is 187 g/mol. The Hall–Kier alpha value is -1.35. The van der Waals surface area contributed by atoms with Crippen LogP contribution in [0.3, 0.4) is 0 Å². The van der Waals surface area contributed by atoms with Crippen LogP contribution >= 0.6 is 0 Å². The van der Waals surface area contributed by atoms with Crippen LogP contribution in [0.15, 0.2) is 24.5 Å². The predicted molar refractivity (Wildman–Crippen MR) is 56.3 cm³/mol. The highest BCUT2D eigenvalue weighted by molar-refractivity contribution is 5.75. The first kappa shape index (κ1) is 8.00. The third-order valence-electron chi connectivity index (χ3n) is 2.95. The highest BCUT2D eigenvalue weighted by Gasteiger charge is 2.16. The lowest BCUT2D eigenvalue weighted by Crippen LogP contribution is -2.08. The Labute approximate surface area is 82.5 Å². The van der Waals surface area contributed by atoms with Crippen molar-refractivity contribution in [3.63, 3.8) is 0 Å². The van der Waals surface area contributed by atoms with Crippen LogP contribution in [0.5, 0.6) is 0 Å². The highest BCUT2D eigenvalue weighted by atomic mass is 14.9. The Morgan fingerprint density at radius 2 is 2.43 bits per heavy atom. The van der Waals surface area contributed by atoms with Crippen molar-refractivity contribution >= 4 is 11.0 Å². The zero-order chi connectivity index (χ0) is 9.38. The summed E-state index contributed by atoms with van der Waals surface area (Å²) in [5.74, 6) is 0.654. The van der Waals surface area contributed by atoms with Gasteiger partial charge in [-0.3, -0.25) is 0 Å².